The van der Waals surface area contributed by atoms with Crippen LogP contribution in [0.25, 0.3) is 5.69 Å². The van der Waals surface area contributed by atoms with Gasteiger partial charge in [-0.15, -0.1) is 0 Å². The van der Waals surface area contributed by atoms with Gasteiger partial charge in [0.25, 0.3) is 11.8 Å². The molecule has 90 valence electrons. The number of ether oxygens (including phenoxy) is 1. The maximum atomic E-state index is 11.6. The number of carbonyl (C=O) groups excluding carboxylic acids is 2. The summed E-state index contributed by atoms with van der Waals surface area (Å²) in [4.78, 5) is 23.1. The van der Waals surface area contributed by atoms with E-state index >= 15 is 0 Å². The molecule has 18 heavy (non-hydrogen) atoms. The Morgan fingerprint density at radius 1 is 1.17 bits per heavy atom. The predicted molar refractivity (Wildman–Crippen MR) is 61.9 cm³/mol. The topological polar surface area (TPSA) is 73.2 Å². The number of aromatic nitrogens is 2. The van der Waals surface area contributed by atoms with Crippen molar-refractivity contribution in [2.45, 2.75) is 0 Å². The quantitative estimate of drug-likeness (QED) is 0.790. The van der Waals surface area contributed by atoms with Gasteiger partial charge in [-0.1, -0.05) is 0 Å². The van der Waals surface area contributed by atoms with Gasteiger partial charge < -0.3 is 4.74 Å². The third-order valence-corrected chi connectivity index (χ3v) is 2.77. The normalized spacial score (nSPS) is 13.4. The van der Waals surface area contributed by atoms with Gasteiger partial charge in [-0.25, -0.2) is 4.68 Å². The Morgan fingerprint density at radius 3 is 2.56 bits per heavy atom. The highest BCUT2D eigenvalue weighted by Gasteiger charge is 2.32. The van der Waals surface area contributed by atoms with Crippen molar-refractivity contribution >= 4 is 11.8 Å². The molecular weight excluding hydrogens is 234 g/mol. The number of hydrogen-bond acceptors (Lipinski definition) is 4. The summed E-state index contributed by atoms with van der Waals surface area (Å²) in [6.07, 6.45) is 1.39. The van der Waals surface area contributed by atoms with Gasteiger partial charge in [0.15, 0.2) is 0 Å². The largest absolute Gasteiger partial charge is 0.497 e. The van der Waals surface area contributed by atoms with Gasteiger partial charge in [0.05, 0.1) is 24.6 Å². The first-order valence-electron chi connectivity index (χ1n) is 5.29. The molecule has 3 rings (SSSR count). The van der Waals surface area contributed by atoms with E-state index in [2.05, 4.69) is 10.4 Å². The van der Waals surface area contributed by atoms with Gasteiger partial charge in [0.2, 0.25) is 0 Å². The molecule has 6 heteroatoms. The van der Waals surface area contributed by atoms with E-state index in [9.17, 15) is 9.59 Å². The van der Waals surface area contributed by atoms with Crippen molar-refractivity contribution in [2.24, 2.45) is 0 Å². The molecular formula is C12H9N3O3. The molecule has 1 N–H and O–H groups in total. The summed E-state index contributed by atoms with van der Waals surface area (Å²) < 4.78 is 6.49. The third-order valence-electron chi connectivity index (χ3n) is 2.77. The lowest BCUT2D eigenvalue weighted by molar-refractivity contribution is 0.0875. The number of rotatable bonds is 2. The van der Waals surface area contributed by atoms with Crippen LogP contribution in [0.3, 0.4) is 0 Å². The third kappa shape index (κ3) is 1.39. The molecule has 0 spiro atoms. The fourth-order valence-electron chi connectivity index (χ4n) is 1.88. The zero-order valence-corrected chi connectivity index (χ0v) is 9.51. The van der Waals surface area contributed by atoms with Crippen molar-refractivity contribution in [3.05, 3.63) is 41.7 Å². The first-order chi connectivity index (χ1) is 8.70. The van der Waals surface area contributed by atoms with Gasteiger partial charge in [-0.3, -0.25) is 14.9 Å². The van der Waals surface area contributed by atoms with Crippen LogP contribution in [0, 0.1) is 0 Å². The number of nitrogens with one attached hydrogen (secondary N) is 1. The minimum absolute atomic E-state index is 0.269. The minimum Gasteiger partial charge on any atom is -0.497 e. The number of amides is 2. The smallest absolute Gasteiger partial charge is 0.277 e. The predicted octanol–water partition coefficient (Wildman–Crippen LogP) is 0.764. The van der Waals surface area contributed by atoms with Crippen LogP contribution in [-0.4, -0.2) is 28.7 Å². The average Bonchev–Trinajstić information content (AvgIpc) is 2.93. The number of hydrogen-bond donors (Lipinski definition) is 1. The van der Waals surface area contributed by atoms with Crippen molar-refractivity contribution in [3.63, 3.8) is 0 Å². The van der Waals surface area contributed by atoms with E-state index in [0.29, 0.717) is 17.0 Å². The Balaban J connectivity index is 2.10. The molecule has 1 aliphatic heterocycles. The summed E-state index contributed by atoms with van der Waals surface area (Å²) in [5.41, 5.74) is 1.27. The van der Waals surface area contributed by atoms with E-state index in [1.54, 1.807) is 31.4 Å². The molecule has 1 aromatic heterocycles. The Bertz CT molecular complexity index is 643. The van der Waals surface area contributed by atoms with Gasteiger partial charge >= 0.3 is 0 Å². The Kier molecular flexibility index (Phi) is 2.16. The lowest BCUT2D eigenvalue weighted by atomic mass is 10.2. The number of fused-ring (bicyclic) bond motifs is 1. The Hall–Kier alpha value is -2.63. The van der Waals surface area contributed by atoms with Crippen molar-refractivity contribution in [1.82, 2.24) is 15.1 Å². The highest BCUT2D eigenvalue weighted by Crippen LogP contribution is 2.20. The van der Waals surface area contributed by atoms with Crippen LogP contribution in [0.5, 0.6) is 5.75 Å². The maximum Gasteiger partial charge on any atom is 0.277 e. The summed E-state index contributed by atoms with van der Waals surface area (Å²) in [6, 6.07) is 7.06. The van der Waals surface area contributed by atoms with Crippen LogP contribution in [0.2, 0.25) is 0 Å². The number of methoxy groups -OCH3 is 1. The molecule has 2 heterocycles. The fourth-order valence-corrected chi connectivity index (χ4v) is 1.88. The van der Waals surface area contributed by atoms with E-state index in [4.69, 9.17) is 4.74 Å². The number of benzene rings is 1. The van der Waals surface area contributed by atoms with E-state index < -0.39 is 11.8 Å². The maximum absolute atomic E-state index is 11.6. The summed E-state index contributed by atoms with van der Waals surface area (Å²) in [5.74, 6) is -0.124. The first-order valence-corrected chi connectivity index (χ1v) is 5.29. The van der Waals surface area contributed by atoms with Crippen LogP contribution >= 0.6 is 0 Å². The fraction of sp³-hybridized carbons (Fsp3) is 0.0833. The molecule has 1 aliphatic rings. The van der Waals surface area contributed by atoms with E-state index in [1.807, 2.05) is 0 Å². The zero-order valence-electron chi connectivity index (χ0n) is 9.51. The van der Waals surface area contributed by atoms with E-state index in [-0.39, 0.29) is 5.69 Å². The van der Waals surface area contributed by atoms with Crippen LogP contribution in [0.15, 0.2) is 30.5 Å². The summed E-state index contributed by atoms with van der Waals surface area (Å²) in [6.45, 7) is 0. The highest BCUT2D eigenvalue weighted by atomic mass is 16.5. The van der Waals surface area contributed by atoms with Crippen molar-refractivity contribution in [2.75, 3.05) is 7.11 Å². The molecule has 0 fully saturated rings. The molecule has 0 bridgehead atoms. The van der Waals surface area contributed by atoms with Crippen LogP contribution in [0.4, 0.5) is 0 Å². The Morgan fingerprint density at radius 2 is 1.89 bits per heavy atom. The molecule has 1 aromatic carbocycles. The van der Waals surface area contributed by atoms with Crippen LogP contribution < -0.4 is 10.1 Å². The Labute approximate surface area is 102 Å². The highest BCUT2D eigenvalue weighted by molar-refractivity contribution is 6.20. The molecule has 0 saturated carbocycles. The molecule has 2 amide bonds. The molecule has 6 nitrogen and oxygen atoms in total. The standard InChI is InChI=1S/C12H9N3O3/c1-18-8-4-2-7(3-5-8)15-10-9(6-13-15)11(16)14-12(10)17/h2-6H,1H3,(H,14,16,17). The first kappa shape index (κ1) is 10.5. The lowest BCUT2D eigenvalue weighted by Crippen LogP contribution is -2.22. The molecule has 2 aromatic rings. The molecule has 0 saturated heterocycles. The van der Waals surface area contributed by atoms with Crippen LogP contribution in [0.1, 0.15) is 20.8 Å². The van der Waals surface area contributed by atoms with Gasteiger partial charge in [-0.2, -0.15) is 5.10 Å². The van der Waals surface area contributed by atoms with Crippen molar-refractivity contribution in [3.8, 4) is 11.4 Å². The number of carbonyl (C=O) groups is 2. The summed E-state index contributed by atoms with van der Waals surface area (Å²) >= 11 is 0. The lowest BCUT2D eigenvalue weighted by Gasteiger charge is -2.05. The molecule has 0 aliphatic carbocycles. The van der Waals surface area contributed by atoms with Crippen molar-refractivity contribution in [1.29, 1.82) is 0 Å². The summed E-state index contributed by atoms with van der Waals surface area (Å²) in [7, 11) is 1.58. The zero-order chi connectivity index (χ0) is 12.7. The molecule has 0 unspecified atom stereocenters. The second-order valence-electron chi connectivity index (χ2n) is 3.80. The molecule has 0 radical (unpaired) electrons. The average molecular weight is 243 g/mol. The van der Waals surface area contributed by atoms with E-state index in [1.165, 1.54) is 10.9 Å². The number of nitrogens with zero attached hydrogens (tertiary/aromatic N) is 2. The number of imide groups is 1. The van der Waals surface area contributed by atoms with Crippen LogP contribution in [-0.2, 0) is 0 Å². The SMILES string of the molecule is COc1ccc(-n2ncc3c2C(=O)NC3=O)cc1. The van der Waals surface area contributed by atoms with Gasteiger partial charge in [-0.05, 0) is 24.3 Å². The van der Waals surface area contributed by atoms with E-state index in [0.717, 1.165) is 0 Å². The second-order valence-corrected chi connectivity index (χ2v) is 3.80. The second kappa shape index (κ2) is 3.69. The monoisotopic (exact) mass is 243 g/mol. The van der Waals surface area contributed by atoms with Gasteiger partial charge in [0, 0.05) is 0 Å². The van der Waals surface area contributed by atoms with Gasteiger partial charge in [0.1, 0.15) is 11.4 Å². The minimum atomic E-state index is -0.427. The summed E-state index contributed by atoms with van der Waals surface area (Å²) in [5, 5.41) is 6.29. The van der Waals surface area contributed by atoms with Crippen molar-refractivity contribution < 1.29 is 14.3 Å². The molecule has 0 atom stereocenters.